The van der Waals surface area contributed by atoms with Crippen molar-refractivity contribution in [1.29, 1.82) is 0 Å². The lowest BCUT2D eigenvalue weighted by molar-refractivity contribution is -0.149. The molecule has 2 aromatic rings. The minimum atomic E-state index is -0.608. The predicted octanol–water partition coefficient (Wildman–Crippen LogP) is 6.09. The van der Waals surface area contributed by atoms with Crippen molar-refractivity contribution in [2.45, 2.75) is 70.7 Å². The number of esters is 1. The van der Waals surface area contributed by atoms with Crippen LogP contribution < -0.4 is 20.1 Å². The van der Waals surface area contributed by atoms with Gasteiger partial charge in [0.1, 0.15) is 18.2 Å². The number of carbonyl (C=O) groups is 3. The molecule has 0 unspecified atom stereocenters. The number of alkyl halides is 1. The number of ether oxygens (including phenoxy) is 3. The van der Waals surface area contributed by atoms with Gasteiger partial charge in [-0.25, -0.2) is 4.39 Å². The number of nitrogens with one attached hydrogen (secondary N) is 2. The highest BCUT2D eigenvalue weighted by atomic mass is 19.1. The molecule has 9 heteroatoms. The first-order valence-electron chi connectivity index (χ1n) is 15.3. The molecule has 8 nitrogen and oxygen atoms in total. The molecule has 3 fully saturated rings. The fourth-order valence-corrected chi connectivity index (χ4v) is 7.10. The maximum atomic E-state index is 13.8. The van der Waals surface area contributed by atoms with Gasteiger partial charge in [-0.3, -0.25) is 14.4 Å². The largest absolute Gasteiger partial charge is 0.496 e. The van der Waals surface area contributed by atoms with E-state index in [1.807, 2.05) is 6.92 Å². The Morgan fingerprint density at radius 3 is 2.49 bits per heavy atom. The van der Waals surface area contributed by atoms with E-state index in [9.17, 15) is 18.8 Å². The van der Waals surface area contributed by atoms with Crippen molar-refractivity contribution in [3.05, 3.63) is 59.7 Å². The Kier molecular flexibility index (Phi) is 9.68. The van der Waals surface area contributed by atoms with E-state index >= 15 is 0 Å². The number of carbonyl (C=O) groups excluding carboxylic acids is 3. The van der Waals surface area contributed by atoms with E-state index in [0.717, 1.165) is 19.3 Å². The van der Waals surface area contributed by atoms with E-state index in [1.54, 1.807) is 42.5 Å². The van der Waals surface area contributed by atoms with E-state index in [1.165, 1.54) is 7.11 Å². The summed E-state index contributed by atoms with van der Waals surface area (Å²) in [6.45, 7) is 5.48. The first-order valence-corrected chi connectivity index (χ1v) is 15.3. The molecular weight excluding hydrogens is 551 g/mol. The minimum absolute atomic E-state index is 0.108. The average Bonchev–Trinajstić information content (AvgIpc) is 3.63. The molecule has 2 amide bonds. The summed E-state index contributed by atoms with van der Waals surface area (Å²) in [5, 5.41) is 6.12. The van der Waals surface area contributed by atoms with Gasteiger partial charge in [-0.2, -0.15) is 0 Å². The predicted molar refractivity (Wildman–Crippen MR) is 162 cm³/mol. The van der Waals surface area contributed by atoms with Gasteiger partial charge in [0.25, 0.3) is 5.91 Å². The normalized spacial score (nSPS) is 25.9. The number of anilines is 1. The van der Waals surface area contributed by atoms with Gasteiger partial charge in [-0.1, -0.05) is 24.8 Å². The monoisotopic (exact) mass is 592 g/mol. The van der Waals surface area contributed by atoms with Gasteiger partial charge in [0.15, 0.2) is 0 Å². The first kappa shape index (κ1) is 30.6. The summed E-state index contributed by atoms with van der Waals surface area (Å²) in [4.78, 5) is 39.4. The maximum Gasteiger partial charge on any atom is 0.308 e. The highest BCUT2D eigenvalue weighted by Gasteiger charge is 2.51. The van der Waals surface area contributed by atoms with Crippen molar-refractivity contribution >= 4 is 29.5 Å². The van der Waals surface area contributed by atoms with Crippen LogP contribution in [0.1, 0.15) is 73.4 Å². The van der Waals surface area contributed by atoms with Crippen molar-refractivity contribution in [3.8, 4) is 11.5 Å². The summed E-state index contributed by atoms with van der Waals surface area (Å²) >= 11 is 0. The molecule has 3 aliphatic rings. The third kappa shape index (κ3) is 6.71. The zero-order valence-corrected chi connectivity index (χ0v) is 24.9. The molecule has 230 valence electrons. The number of fused-ring (bicyclic) bond motifs is 2. The Balaban J connectivity index is 1.31. The van der Waals surface area contributed by atoms with Crippen LogP contribution in [0.5, 0.6) is 11.5 Å². The van der Waals surface area contributed by atoms with Gasteiger partial charge in [0.2, 0.25) is 5.91 Å². The van der Waals surface area contributed by atoms with E-state index in [4.69, 9.17) is 14.2 Å². The molecule has 3 aliphatic carbocycles. The first-order chi connectivity index (χ1) is 20.8. The SMILES string of the molecule is C=Cc1cc(OC)c(C(=O)N[C@@H]2[C@H]3CC[C@H](C3)[C@@H]2C(=O)Nc2cccc(CF)c2)cc1OC1CCC(C(=O)OCC)CC1. The summed E-state index contributed by atoms with van der Waals surface area (Å²) in [7, 11) is 1.51. The van der Waals surface area contributed by atoms with Crippen LogP contribution >= 0.6 is 0 Å². The van der Waals surface area contributed by atoms with Crippen LogP contribution in [0.2, 0.25) is 0 Å². The van der Waals surface area contributed by atoms with Gasteiger partial charge < -0.3 is 24.8 Å². The standard InChI is InChI=1S/C34H41FN2O6/c1-4-21-17-29(41-3)27(18-28(21)43-26-13-11-22(12-14-26)34(40)42-5-2)32(38)37-31-24-10-9-23(16-24)30(31)33(39)36-25-8-6-7-20(15-25)19-35/h4,6-8,15,17-18,22-24,26,30-31H,1,5,9-14,16,19H2,2-3H3,(H,36,39)(H,37,38)/t22?,23-,24+,26?,30+,31-/m1/s1. The maximum absolute atomic E-state index is 13.8. The minimum Gasteiger partial charge on any atom is -0.496 e. The molecule has 5 rings (SSSR count). The highest BCUT2D eigenvalue weighted by molar-refractivity contribution is 5.99. The molecule has 0 saturated heterocycles. The van der Waals surface area contributed by atoms with Gasteiger partial charge in [0, 0.05) is 17.3 Å². The van der Waals surface area contributed by atoms with E-state index in [-0.39, 0.29) is 53.6 Å². The smallest absolute Gasteiger partial charge is 0.308 e. The number of rotatable bonds is 11. The molecule has 4 atom stereocenters. The number of hydrogen-bond acceptors (Lipinski definition) is 6. The Morgan fingerprint density at radius 2 is 1.79 bits per heavy atom. The lowest BCUT2D eigenvalue weighted by Crippen LogP contribution is -2.48. The molecule has 43 heavy (non-hydrogen) atoms. The van der Waals surface area contributed by atoms with Crippen molar-refractivity contribution in [2.75, 3.05) is 19.0 Å². The van der Waals surface area contributed by atoms with Gasteiger partial charge in [-0.15, -0.1) is 0 Å². The molecule has 2 bridgehead atoms. The fraction of sp³-hybridized carbons (Fsp3) is 0.500. The summed E-state index contributed by atoms with van der Waals surface area (Å²) < 4.78 is 30.3. The van der Waals surface area contributed by atoms with Crippen molar-refractivity contribution in [2.24, 2.45) is 23.7 Å². The second-order valence-electron chi connectivity index (χ2n) is 11.8. The van der Waals surface area contributed by atoms with Crippen LogP contribution in [-0.2, 0) is 21.0 Å². The second-order valence-corrected chi connectivity index (χ2v) is 11.8. The molecular formula is C34H41FN2O6. The van der Waals surface area contributed by atoms with E-state index in [2.05, 4.69) is 17.2 Å². The molecule has 0 radical (unpaired) electrons. The van der Waals surface area contributed by atoms with Crippen LogP contribution in [0.25, 0.3) is 6.08 Å². The average molecular weight is 593 g/mol. The third-order valence-electron chi connectivity index (χ3n) is 9.25. The summed E-state index contributed by atoms with van der Waals surface area (Å²) in [5.74, 6) is 0.128. The van der Waals surface area contributed by atoms with Crippen LogP contribution in [0.4, 0.5) is 10.1 Å². The molecule has 0 heterocycles. The number of amides is 2. The lowest BCUT2D eigenvalue weighted by Gasteiger charge is -2.31. The number of methoxy groups -OCH3 is 1. The number of halogens is 1. The van der Waals surface area contributed by atoms with Crippen molar-refractivity contribution in [3.63, 3.8) is 0 Å². The van der Waals surface area contributed by atoms with Crippen LogP contribution in [0.3, 0.4) is 0 Å². The zero-order valence-electron chi connectivity index (χ0n) is 24.9. The molecule has 0 aromatic heterocycles. The Labute approximate surface area is 252 Å². The highest BCUT2D eigenvalue weighted by Crippen LogP contribution is 2.49. The van der Waals surface area contributed by atoms with Gasteiger partial charge in [0.05, 0.1) is 37.2 Å². The molecule has 2 N–H and O–H groups in total. The summed E-state index contributed by atoms with van der Waals surface area (Å²) in [6, 6.07) is 9.87. The van der Waals surface area contributed by atoms with E-state index < -0.39 is 6.67 Å². The molecule has 0 spiro atoms. The summed E-state index contributed by atoms with van der Waals surface area (Å²) in [5.41, 5.74) is 2.07. The lowest BCUT2D eigenvalue weighted by atomic mass is 9.83. The quantitative estimate of drug-likeness (QED) is 0.306. The number of benzene rings is 2. The molecule has 0 aliphatic heterocycles. The zero-order chi connectivity index (χ0) is 30.5. The van der Waals surface area contributed by atoms with Gasteiger partial charge in [-0.05, 0) is 93.5 Å². The van der Waals surface area contributed by atoms with Crippen LogP contribution in [-0.4, -0.2) is 43.6 Å². The Hall–Kier alpha value is -3.88. The van der Waals surface area contributed by atoms with Crippen LogP contribution in [0.15, 0.2) is 43.0 Å². The molecule has 2 aromatic carbocycles. The van der Waals surface area contributed by atoms with Crippen molar-refractivity contribution < 1.29 is 33.0 Å². The topological polar surface area (TPSA) is 103 Å². The Bertz CT molecular complexity index is 1350. The fourth-order valence-electron chi connectivity index (χ4n) is 7.10. The second kappa shape index (κ2) is 13.6. The molecule has 3 saturated carbocycles. The van der Waals surface area contributed by atoms with E-state index in [0.29, 0.717) is 66.2 Å². The third-order valence-corrected chi connectivity index (χ3v) is 9.25. The van der Waals surface area contributed by atoms with Crippen molar-refractivity contribution in [1.82, 2.24) is 5.32 Å². The Morgan fingerprint density at radius 1 is 1.02 bits per heavy atom. The van der Waals surface area contributed by atoms with Crippen LogP contribution in [0, 0.1) is 23.7 Å². The van der Waals surface area contributed by atoms with Gasteiger partial charge >= 0.3 is 5.97 Å². The number of hydrogen-bond donors (Lipinski definition) is 2. The summed E-state index contributed by atoms with van der Waals surface area (Å²) in [6.07, 6.45) is 7.08.